The van der Waals surface area contributed by atoms with Gasteiger partial charge in [-0.15, -0.1) is 0 Å². The monoisotopic (exact) mass is 180 g/mol. The topological polar surface area (TPSA) is 12.4 Å². The Bertz CT molecular complexity index is 307. The molecule has 1 nitrogen and oxygen atoms in total. The van der Waals surface area contributed by atoms with Crippen molar-refractivity contribution in [2.45, 2.75) is 11.3 Å². The van der Waals surface area contributed by atoms with Gasteiger partial charge in [0.05, 0.1) is 0 Å². The zero-order valence-electron chi connectivity index (χ0n) is 5.78. The zero-order chi connectivity index (χ0) is 7.68. The Morgan fingerprint density at radius 3 is 3.09 bits per heavy atom. The summed E-state index contributed by atoms with van der Waals surface area (Å²) in [5.41, 5.74) is 1.30. The molecule has 0 saturated heterocycles. The van der Waals surface area contributed by atoms with Gasteiger partial charge in [-0.1, -0.05) is 30.8 Å². The van der Waals surface area contributed by atoms with Gasteiger partial charge in [0.2, 0.25) is 0 Å². The summed E-state index contributed by atoms with van der Waals surface area (Å²) in [7, 11) is 0. The fourth-order valence-corrected chi connectivity index (χ4v) is 1.96. The van der Waals surface area contributed by atoms with E-state index in [1.54, 1.807) is 0 Å². The van der Waals surface area contributed by atoms with E-state index in [1.165, 1.54) is 22.4 Å². The maximum Gasteiger partial charge on any atom is 0.116 e. The summed E-state index contributed by atoms with van der Waals surface area (Å²) in [5, 5.41) is 0.800. The first-order chi connectivity index (χ1) is 5.36. The molecule has 55 valence electrons. The average molecular weight is 180 g/mol. The highest BCUT2D eigenvalue weighted by Crippen LogP contribution is 2.29. The van der Waals surface area contributed by atoms with E-state index in [1.807, 2.05) is 12.1 Å². The van der Waals surface area contributed by atoms with Crippen molar-refractivity contribution in [2.75, 3.05) is 0 Å². The third kappa shape index (κ3) is 1.39. The molecule has 0 bridgehead atoms. The lowest BCUT2D eigenvalue weighted by Crippen LogP contribution is -1.99. The number of fused-ring (bicyclic) bond motifs is 1. The van der Waals surface area contributed by atoms with Crippen LogP contribution < -0.4 is 0 Å². The molecule has 0 N–H and O–H groups in total. The predicted molar refractivity (Wildman–Crippen MR) is 51.0 cm³/mol. The molecule has 1 aliphatic rings. The molecule has 0 spiro atoms. The number of hydrogen-bond acceptors (Lipinski definition) is 2. The van der Waals surface area contributed by atoms with E-state index in [2.05, 4.69) is 16.5 Å². The average Bonchev–Trinajstić information content (AvgIpc) is 2.04. The minimum Gasteiger partial charge on any atom is -0.204 e. The Kier molecular flexibility index (Phi) is 1.84. The third-order valence-corrected chi connectivity index (χ3v) is 2.82. The molecule has 1 radical (unpaired) electrons. The van der Waals surface area contributed by atoms with Crippen LogP contribution in [0.3, 0.4) is 0 Å². The van der Waals surface area contributed by atoms with Crippen molar-refractivity contribution in [3.8, 4) is 0 Å². The Hall–Kier alpha value is -0.540. The molecule has 1 aromatic rings. The first kappa shape index (κ1) is 7.13. The van der Waals surface area contributed by atoms with E-state index >= 15 is 0 Å². The lowest BCUT2D eigenvalue weighted by molar-refractivity contribution is 1.22. The summed E-state index contributed by atoms with van der Waals surface area (Å²) < 4.78 is 4.12. The SMILES string of the molecule is [S]C1=NSc2ccccc2C1. The van der Waals surface area contributed by atoms with Gasteiger partial charge in [-0.05, 0) is 11.6 Å². The van der Waals surface area contributed by atoms with Crippen molar-refractivity contribution >= 4 is 29.6 Å². The lowest BCUT2D eigenvalue weighted by Gasteiger charge is -2.09. The van der Waals surface area contributed by atoms with E-state index in [-0.39, 0.29) is 0 Å². The minimum absolute atomic E-state index is 0.800. The van der Waals surface area contributed by atoms with Crippen LogP contribution in [0.15, 0.2) is 33.6 Å². The molecular formula is C8H6NS2. The molecule has 0 aliphatic carbocycles. The highest BCUT2D eigenvalue weighted by atomic mass is 32.2. The van der Waals surface area contributed by atoms with Gasteiger partial charge in [0.15, 0.2) is 0 Å². The Labute approximate surface area is 75.5 Å². The standard InChI is InChI=1S/C8H6NS2/c10-8-5-6-3-1-2-4-7(6)11-9-8/h1-4H,5H2. The molecule has 2 rings (SSSR count). The molecule has 0 amide bonds. The van der Waals surface area contributed by atoms with Crippen molar-refractivity contribution in [3.63, 3.8) is 0 Å². The smallest absolute Gasteiger partial charge is 0.116 e. The van der Waals surface area contributed by atoms with Crippen LogP contribution >= 0.6 is 24.6 Å². The van der Waals surface area contributed by atoms with E-state index in [9.17, 15) is 0 Å². The highest BCUT2D eigenvalue weighted by molar-refractivity contribution is 8.02. The van der Waals surface area contributed by atoms with Crippen LogP contribution in [-0.2, 0) is 6.42 Å². The van der Waals surface area contributed by atoms with Gasteiger partial charge in [0.1, 0.15) is 5.04 Å². The highest BCUT2D eigenvalue weighted by Gasteiger charge is 2.09. The molecule has 0 atom stereocenters. The molecule has 0 aromatic heterocycles. The van der Waals surface area contributed by atoms with Gasteiger partial charge in [-0.25, -0.2) is 4.40 Å². The molecule has 0 fully saturated rings. The van der Waals surface area contributed by atoms with E-state index in [0.717, 1.165) is 11.5 Å². The van der Waals surface area contributed by atoms with Crippen LogP contribution in [0.2, 0.25) is 0 Å². The Morgan fingerprint density at radius 1 is 1.36 bits per heavy atom. The Balaban J connectivity index is 2.42. The molecule has 11 heavy (non-hydrogen) atoms. The summed E-state index contributed by atoms with van der Waals surface area (Å²) in [6.45, 7) is 0. The van der Waals surface area contributed by atoms with Gasteiger partial charge >= 0.3 is 0 Å². The molecule has 0 saturated carbocycles. The fourth-order valence-electron chi connectivity index (χ4n) is 1.03. The number of rotatable bonds is 0. The first-order valence-electron chi connectivity index (χ1n) is 3.35. The van der Waals surface area contributed by atoms with Crippen molar-refractivity contribution in [3.05, 3.63) is 29.8 Å². The van der Waals surface area contributed by atoms with Gasteiger partial charge < -0.3 is 0 Å². The van der Waals surface area contributed by atoms with Crippen LogP contribution in [0.1, 0.15) is 5.56 Å². The molecule has 1 aromatic carbocycles. The summed E-state index contributed by atoms with van der Waals surface area (Å²) >= 11 is 6.47. The van der Waals surface area contributed by atoms with E-state index in [0.29, 0.717) is 0 Å². The Morgan fingerprint density at radius 2 is 2.18 bits per heavy atom. The second-order valence-corrected chi connectivity index (χ2v) is 3.64. The maximum absolute atomic E-state index is 4.99. The summed E-state index contributed by atoms with van der Waals surface area (Å²) in [4.78, 5) is 1.24. The lowest BCUT2D eigenvalue weighted by atomic mass is 10.2. The quantitative estimate of drug-likeness (QED) is 0.559. The third-order valence-electron chi connectivity index (χ3n) is 1.56. The summed E-state index contributed by atoms with van der Waals surface area (Å²) in [5.74, 6) is 0. The van der Waals surface area contributed by atoms with Gasteiger partial charge in [-0.3, -0.25) is 0 Å². The molecule has 0 unspecified atom stereocenters. The van der Waals surface area contributed by atoms with Crippen molar-refractivity contribution in [1.82, 2.24) is 0 Å². The van der Waals surface area contributed by atoms with Gasteiger partial charge in [0.25, 0.3) is 0 Å². The van der Waals surface area contributed by atoms with Crippen molar-refractivity contribution < 1.29 is 0 Å². The number of benzene rings is 1. The van der Waals surface area contributed by atoms with Gasteiger partial charge in [0, 0.05) is 23.3 Å². The predicted octanol–water partition coefficient (Wildman–Crippen LogP) is 2.85. The summed E-state index contributed by atoms with van der Waals surface area (Å²) in [6, 6.07) is 8.23. The van der Waals surface area contributed by atoms with Crippen LogP contribution in [0.5, 0.6) is 0 Å². The number of hydrogen-bond donors (Lipinski definition) is 0. The second-order valence-electron chi connectivity index (χ2n) is 2.36. The minimum atomic E-state index is 0.800. The second kappa shape index (κ2) is 2.83. The largest absolute Gasteiger partial charge is 0.204 e. The van der Waals surface area contributed by atoms with Crippen LogP contribution in [-0.4, -0.2) is 5.04 Å². The fraction of sp³-hybridized carbons (Fsp3) is 0.125. The van der Waals surface area contributed by atoms with Gasteiger partial charge in [-0.2, -0.15) is 0 Å². The zero-order valence-corrected chi connectivity index (χ0v) is 7.41. The van der Waals surface area contributed by atoms with Crippen LogP contribution in [0, 0.1) is 0 Å². The van der Waals surface area contributed by atoms with E-state index in [4.69, 9.17) is 12.6 Å². The van der Waals surface area contributed by atoms with Crippen molar-refractivity contribution in [2.24, 2.45) is 4.40 Å². The first-order valence-corrected chi connectivity index (χ1v) is 4.53. The molecular weight excluding hydrogens is 174 g/mol. The summed E-state index contributed by atoms with van der Waals surface area (Å²) in [6.07, 6.45) is 0.832. The van der Waals surface area contributed by atoms with Crippen LogP contribution in [0.4, 0.5) is 0 Å². The molecule has 3 heteroatoms. The maximum atomic E-state index is 4.99. The number of nitrogens with zero attached hydrogens (tertiary/aromatic N) is 1. The molecule has 1 heterocycles. The van der Waals surface area contributed by atoms with E-state index < -0.39 is 0 Å². The van der Waals surface area contributed by atoms with Crippen molar-refractivity contribution in [1.29, 1.82) is 0 Å². The van der Waals surface area contributed by atoms with Crippen LogP contribution in [0.25, 0.3) is 0 Å². The normalized spacial score (nSPS) is 15.5. The molecule has 1 aliphatic heterocycles.